The second-order valence-corrected chi connectivity index (χ2v) is 7.09. The Morgan fingerprint density at radius 2 is 2.38 bits per heavy atom. The predicted molar refractivity (Wildman–Crippen MR) is 70.2 cm³/mol. The van der Waals surface area contributed by atoms with Crippen molar-refractivity contribution < 1.29 is 4.74 Å². The third kappa shape index (κ3) is 2.90. The van der Waals surface area contributed by atoms with E-state index in [4.69, 9.17) is 10.5 Å². The minimum Gasteiger partial charge on any atom is -0.375 e. The average Bonchev–Trinajstić information content (AvgIpc) is 2.66. The molecule has 1 aromatic heterocycles. The summed E-state index contributed by atoms with van der Waals surface area (Å²) in [6, 6.07) is 0. The highest BCUT2D eigenvalue weighted by Gasteiger charge is 2.31. The van der Waals surface area contributed by atoms with Gasteiger partial charge >= 0.3 is 0 Å². The molecule has 2 heterocycles. The monoisotopic (exact) mass is 258 g/mol. The summed E-state index contributed by atoms with van der Waals surface area (Å²) in [5.74, 6) is 1.01. The van der Waals surface area contributed by atoms with Crippen molar-refractivity contribution >= 4 is 28.2 Å². The molecule has 0 aromatic carbocycles. The van der Waals surface area contributed by atoms with E-state index in [1.165, 1.54) is 4.21 Å². The second kappa shape index (κ2) is 4.55. The van der Waals surface area contributed by atoms with Gasteiger partial charge in [-0.25, -0.2) is 4.98 Å². The summed E-state index contributed by atoms with van der Waals surface area (Å²) in [5, 5.41) is 0.660. The molecule has 0 aliphatic carbocycles. The molecule has 0 saturated carbocycles. The zero-order chi connectivity index (χ0) is 11.8. The van der Waals surface area contributed by atoms with E-state index < -0.39 is 0 Å². The van der Waals surface area contributed by atoms with Crippen molar-refractivity contribution in [2.75, 3.05) is 11.5 Å². The molecule has 1 saturated heterocycles. The van der Waals surface area contributed by atoms with Crippen LogP contribution in [0.1, 0.15) is 32.4 Å². The lowest BCUT2D eigenvalue weighted by atomic mass is 10.1. The van der Waals surface area contributed by atoms with Gasteiger partial charge in [-0.1, -0.05) is 11.3 Å². The number of aromatic nitrogens is 1. The van der Waals surface area contributed by atoms with Gasteiger partial charge in [0.05, 0.1) is 21.6 Å². The van der Waals surface area contributed by atoms with E-state index >= 15 is 0 Å². The van der Waals surface area contributed by atoms with Crippen LogP contribution in [0.3, 0.4) is 0 Å². The number of aryl methyl sites for hydroxylation is 1. The van der Waals surface area contributed by atoms with Gasteiger partial charge in [0, 0.05) is 5.75 Å². The maximum Gasteiger partial charge on any atom is 0.181 e. The van der Waals surface area contributed by atoms with Crippen LogP contribution < -0.4 is 5.73 Å². The molecule has 1 aliphatic heterocycles. The molecule has 2 rings (SSSR count). The summed E-state index contributed by atoms with van der Waals surface area (Å²) in [5.41, 5.74) is 6.78. The summed E-state index contributed by atoms with van der Waals surface area (Å²) in [4.78, 5) is 4.22. The van der Waals surface area contributed by atoms with Gasteiger partial charge in [-0.3, -0.25) is 0 Å². The molecule has 1 fully saturated rings. The highest BCUT2D eigenvalue weighted by Crippen LogP contribution is 2.35. The summed E-state index contributed by atoms with van der Waals surface area (Å²) in [6.45, 7) is 6.33. The van der Waals surface area contributed by atoms with E-state index in [0.29, 0.717) is 11.2 Å². The fraction of sp³-hybridized carbons (Fsp3) is 0.727. The van der Waals surface area contributed by atoms with Crippen LogP contribution in [-0.4, -0.2) is 22.4 Å². The van der Waals surface area contributed by atoms with Gasteiger partial charge in [0.1, 0.15) is 0 Å². The third-order valence-corrected chi connectivity index (χ3v) is 5.21. The van der Waals surface area contributed by atoms with E-state index in [0.717, 1.165) is 24.3 Å². The highest BCUT2D eigenvalue weighted by atomic mass is 32.2. The number of ether oxygens (including phenoxy) is 1. The molecule has 0 radical (unpaired) electrons. The maximum atomic E-state index is 5.95. The largest absolute Gasteiger partial charge is 0.375 e. The van der Waals surface area contributed by atoms with Crippen molar-refractivity contribution in [1.29, 1.82) is 0 Å². The van der Waals surface area contributed by atoms with Gasteiger partial charge in [-0.2, -0.15) is 0 Å². The Bertz CT molecular complexity index is 376. The Balaban J connectivity index is 1.87. The van der Waals surface area contributed by atoms with Crippen LogP contribution in [0.5, 0.6) is 0 Å². The van der Waals surface area contributed by atoms with Crippen molar-refractivity contribution in [3.05, 3.63) is 5.69 Å². The zero-order valence-corrected chi connectivity index (χ0v) is 11.6. The fourth-order valence-electron chi connectivity index (χ4n) is 1.90. The van der Waals surface area contributed by atoms with E-state index in [1.54, 1.807) is 11.3 Å². The van der Waals surface area contributed by atoms with E-state index in [9.17, 15) is 0 Å². The number of anilines is 1. The molecule has 90 valence electrons. The van der Waals surface area contributed by atoms with Crippen LogP contribution in [0.2, 0.25) is 0 Å². The standard InChI is InChI=1S/C11H18N2OS2/c1-7-9(16-10(12)13-7)15-6-8-4-5-11(2,3)14-8/h8H,4-6H2,1-3H3,(H2,12,13). The molecule has 0 bridgehead atoms. The minimum atomic E-state index is 0.0625. The summed E-state index contributed by atoms with van der Waals surface area (Å²) >= 11 is 3.39. The Hall–Kier alpha value is -0.260. The minimum absolute atomic E-state index is 0.0625. The van der Waals surface area contributed by atoms with Gasteiger partial charge in [0.2, 0.25) is 0 Å². The first kappa shape index (κ1) is 12.2. The fourth-order valence-corrected chi connectivity index (χ4v) is 3.99. The maximum absolute atomic E-state index is 5.95. The average molecular weight is 258 g/mol. The van der Waals surface area contributed by atoms with Crippen molar-refractivity contribution in [3.8, 4) is 0 Å². The van der Waals surface area contributed by atoms with Crippen LogP contribution in [0, 0.1) is 6.92 Å². The van der Waals surface area contributed by atoms with Gasteiger partial charge in [-0.15, -0.1) is 11.8 Å². The molecule has 16 heavy (non-hydrogen) atoms. The molecule has 1 unspecified atom stereocenters. The number of hydrogen-bond donors (Lipinski definition) is 1. The quantitative estimate of drug-likeness (QED) is 0.846. The molecule has 1 aliphatic rings. The Kier molecular flexibility index (Phi) is 3.47. The Morgan fingerprint density at radius 1 is 1.62 bits per heavy atom. The van der Waals surface area contributed by atoms with Crippen molar-refractivity contribution in [3.63, 3.8) is 0 Å². The highest BCUT2D eigenvalue weighted by molar-refractivity contribution is 8.01. The first-order chi connectivity index (χ1) is 7.46. The van der Waals surface area contributed by atoms with Crippen molar-refractivity contribution in [1.82, 2.24) is 4.98 Å². The molecular weight excluding hydrogens is 240 g/mol. The summed E-state index contributed by atoms with van der Waals surface area (Å²) in [6.07, 6.45) is 2.69. The van der Waals surface area contributed by atoms with Crippen LogP contribution in [0.15, 0.2) is 4.21 Å². The number of nitrogens with zero attached hydrogens (tertiary/aromatic N) is 1. The van der Waals surface area contributed by atoms with E-state index in [1.807, 2.05) is 18.7 Å². The van der Waals surface area contributed by atoms with Crippen molar-refractivity contribution in [2.24, 2.45) is 0 Å². The normalized spacial score (nSPS) is 23.8. The summed E-state index contributed by atoms with van der Waals surface area (Å²) in [7, 11) is 0. The second-order valence-electron chi connectivity index (χ2n) is 4.77. The van der Waals surface area contributed by atoms with Crippen LogP contribution in [0.25, 0.3) is 0 Å². The molecule has 0 amide bonds. The van der Waals surface area contributed by atoms with Gasteiger partial charge in [0.15, 0.2) is 5.13 Å². The predicted octanol–water partition coefficient (Wildman–Crippen LogP) is 3.08. The number of rotatable bonds is 3. The molecule has 3 nitrogen and oxygen atoms in total. The third-order valence-electron chi connectivity index (χ3n) is 2.72. The molecule has 1 aromatic rings. The number of hydrogen-bond acceptors (Lipinski definition) is 5. The zero-order valence-electron chi connectivity index (χ0n) is 9.95. The number of thioether (sulfide) groups is 1. The molecule has 5 heteroatoms. The van der Waals surface area contributed by atoms with Crippen LogP contribution >= 0.6 is 23.1 Å². The van der Waals surface area contributed by atoms with E-state index in [2.05, 4.69) is 18.8 Å². The summed E-state index contributed by atoms with van der Waals surface area (Å²) < 4.78 is 7.18. The Labute approximate surface area is 105 Å². The molecule has 1 atom stereocenters. The van der Waals surface area contributed by atoms with Gasteiger partial charge in [0.25, 0.3) is 0 Å². The van der Waals surface area contributed by atoms with Crippen LogP contribution in [-0.2, 0) is 4.74 Å². The SMILES string of the molecule is Cc1nc(N)sc1SCC1CCC(C)(C)O1. The first-order valence-electron chi connectivity index (χ1n) is 5.50. The molecular formula is C11H18N2OS2. The topological polar surface area (TPSA) is 48.1 Å². The van der Waals surface area contributed by atoms with Crippen molar-refractivity contribution in [2.45, 2.75) is 49.5 Å². The van der Waals surface area contributed by atoms with Gasteiger partial charge in [-0.05, 0) is 33.6 Å². The van der Waals surface area contributed by atoms with E-state index in [-0.39, 0.29) is 5.60 Å². The molecule has 0 spiro atoms. The molecule has 2 N–H and O–H groups in total. The lowest BCUT2D eigenvalue weighted by Gasteiger charge is -2.18. The van der Waals surface area contributed by atoms with Gasteiger partial charge < -0.3 is 10.5 Å². The smallest absolute Gasteiger partial charge is 0.181 e. The lowest BCUT2D eigenvalue weighted by molar-refractivity contribution is -0.00465. The Morgan fingerprint density at radius 3 is 2.88 bits per heavy atom. The van der Waals surface area contributed by atoms with Crippen LogP contribution in [0.4, 0.5) is 5.13 Å². The lowest BCUT2D eigenvalue weighted by Crippen LogP contribution is -2.20. The number of nitrogens with two attached hydrogens (primary N) is 1. The first-order valence-corrected chi connectivity index (χ1v) is 7.30. The number of nitrogen functional groups attached to an aromatic ring is 1. The number of thiazole rings is 1.